The Balaban J connectivity index is 2.21. The summed E-state index contributed by atoms with van der Waals surface area (Å²) in [5.41, 5.74) is 0. The number of hydrogen-bond donors (Lipinski definition) is 0. The molecule has 0 radical (unpaired) electrons. The van der Waals surface area contributed by atoms with Crippen LogP contribution in [0.3, 0.4) is 0 Å². The van der Waals surface area contributed by atoms with Crippen LogP contribution in [0.15, 0.2) is 12.1 Å². The Morgan fingerprint density at radius 1 is 0.913 bits per heavy atom. The van der Waals surface area contributed by atoms with E-state index in [0.29, 0.717) is 0 Å². The van der Waals surface area contributed by atoms with Gasteiger partial charge in [0.2, 0.25) is 0 Å². The molecule has 1 aromatic heterocycles. The van der Waals surface area contributed by atoms with Gasteiger partial charge in [-0.25, -0.2) is 0 Å². The van der Waals surface area contributed by atoms with Crippen LogP contribution in [-0.4, -0.2) is 31.6 Å². The van der Waals surface area contributed by atoms with Crippen molar-refractivity contribution in [2.75, 3.05) is 13.2 Å². The zero-order chi connectivity index (χ0) is 16.5. The van der Waals surface area contributed by atoms with Crippen molar-refractivity contribution in [3.8, 4) is 0 Å². The molecule has 1 aromatic rings. The molecule has 0 spiro atoms. The Bertz CT molecular complexity index is 419. The van der Waals surface area contributed by atoms with E-state index in [1.807, 2.05) is 11.3 Å². The van der Waals surface area contributed by atoms with Gasteiger partial charge in [0.15, 0.2) is 0 Å². The summed E-state index contributed by atoms with van der Waals surface area (Å²) in [7, 11) is 0. The zero-order valence-corrected chi connectivity index (χ0v) is 18.9. The van der Waals surface area contributed by atoms with Crippen molar-refractivity contribution in [3.63, 3.8) is 0 Å². The molecular weight excluding hydrogens is 411 g/mol. The average molecular weight is 445 g/mol. The van der Waals surface area contributed by atoms with Gasteiger partial charge in [-0.3, -0.25) is 0 Å². The van der Waals surface area contributed by atoms with Crippen LogP contribution in [-0.2, 0) is 9.47 Å². The van der Waals surface area contributed by atoms with Gasteiger partial charge in [-0.1, -0.05) is 0 Å². The quantitative estimate of drug-likeness (QED) is 0.398. The van der Waals surface area contributed by atoms with Gasteiger partial charge in [0.1, 0.15) is 0 Å². The van der Waals surface area contributed by atoms with Gasteiger partial charge in [-0.2, -0.15) is 0 Å². The Morgan fingerprint density at radius 3 is 1.91 bits per heavy atom. The third-order valence-electron chi connectivity index (χ3n) is 5.03. The summed E-state index contributed by atoms with van der Waals surface area (Å²) in [6, 6.07) is 4.76. The van der Waals surface area contributed by atoms with Crippen LogP contribution >= 0.6 is 11.3 Å². The van der Waals surface area contributed by atoms with E-state index < -0.39 is 18.4 Å². The van der Waals surface area contributed by atoms with Crippen LogP contribution < -0.4 is 2.89 Å². The van der Waals surface area contributed by atoms with E-state index in [2.05, 4.69) is 32.9 Å². The van der Waals surface area contributed by atoms with Crippen molar-refractivity contribution in [2.24, 2.45) is 0 Å². The van der Waals surface area contributed by atoms with Crippen molar-refractivity contribution in [2.45, 2.75) is 78.9 Å². The number of thiophene rings is 1. The molecule has 0 amide bonds. The first-order valence-corrected chi connectivity index (χ1v) is 17.9. The van der Waals surface area contributed by atoms with E-state index in [1.165, 1.54) is 56.7 Å². The van der Waals surface area contributed by atoms with Crippen molar-refractivity contribution in [3.05, 3.63) is 17.0 Å². The summed E-state index contributed by atoms with van der Waals surface area (Å²) >= 11 is -0.214. The SMILES string of the molecule is CCC[CH2][Sn]([CH2]CCC)([CH2]CCC)[c]1ccc(C2OCCO2)s1. The van der Waals surface area contributed by atoms with Crippen LogP contribution in [0.4, 0.5) is 0 Å². The molecule has 0 bridgehead atoms. The van der Waals surface area contributed by atoms with Crippen molar-refractivity contribution in [1.82, 2.24) is 0 Å². The first kappa shape index (κ1) is 19.7. The predicted molar refractivity (Wildman–Crippen MR) is 103 cm³/mol. The van der Waals surface area contributed by atoms with E-state index in [0.717, 1.165) is 13.2 Å². The van der Waals surface area contributed by atoms with Crippen LogP contribution in [0.25, 0.3) is 0 Å². The van der Waals surface area contributed by atoms with Crippen LogP contribution in [0, 0.1) is 0 Å². The normalized spacial score (nSPS) is 16.3. The van der Waals surface area contributed by atoms with Gasteiger partial charge in [0.05, 0.1) is 0 Å². The molecule has 1 aliphatic heterocycles. The Labute approximate surface area is 150 Å². The summed E-state index contributed by atoms with van der Waals surface area (Å²) in [6.07, 6.45) is 8.20. The molecule has 132 valence electrons. The Kier molecular flexibility index (Phi) is 8.94. The molecule has 0 aliphatic carbocycles. The second-order valence-corrected chi connectivity index (χ2v) is 22.1. The summed E-state index contributed by atoms with van der Waals surface area (Å²) in [5.74, 6) is 0. The average Bonchev–Trinajstić information content (AvgIpc) is 3.25. The van der Waals surface area contributed by atoms with E-state index in [1.54, 1.807) is 2.89 Å². The molecule has 2 heterocycles. The van der Waals surface area contributed by atoms with E-state index in [-0.39, 0.29) is 6.29 Å². The monoisotopic (exact) mass is 446 g/mol. The van der Waals surface area contributed by atoms with Crippen molar-refractivity contribution >= 4 is 32.6 Å². The molecule has 1 fully saturated rings. The molecule has 4 heteroatoms. The topological polar surface area (TPSA) is 18.5 Å². The van der Waals surface area contributed by atoms with Gasteiger partial charge >= 0.3 is 151 Å². The fourth-order valence-electron chi connectivity index (χ4n) is 3.58. The molecule has 1 aliphatic rings. The number of ether oxygens (including phenoxy) is 2. The third kappa shape index (κ3) is 5.45. The zero-order valence-electron chi connectivity index (χ0n) is 15.2. The van der Waals surface area contributed by atoms with Crippen molar-refractivity contribution in [1.29, 1.82) is 0 Å². The third-order valence-corrected chi connectivity index (χ3v) is 24.4. The number of unbranched alkanes of at least 4 members (excludes halogenated alkanes) is 3. The maximum absolute atomic E-state index is 5.72. The predicted octanol–water partition coefficient (Wildman–Crippen LogP) is 5.85. The first-order chi connectivity index (χ1) is 11.3. The molecule has 2 nitrogen and oxygen atoms in total. The second kappa shape index (κ2) is 10.4. The second-order valence-electron chi connectivity index (χ2n) is 6.87. The molecule has 23 heavy (non-hydrogen) atoms. The Morgan fingerprint density at radius 2 is 1.43 bits per heavy atom. The summed E-state index contributed by atoms with van der Waals surface area (Å²) in [6.45, 7) is 8.52. The fraction of sp³-hybridized carbons (Fsp3) is 0.789. The molecule has 0 N–H and O–H groups in total. The number of rotatable bonds is 11. The maximum atomic E-state index is 5.72. The fourth-order valence-corrected chi connectivity index (χ4v) is 23.8. The molecule has 0 saturated carbocycles. The molecule has 2 rings (SSSR count). The first-order valence-electron chi connectivity index (χ1n) is 9.59. The van der Waals surface area contributed by atoms with E-state index >= 15 is 0 Å². The Hall–Kier alpha value is 0.419. The van der Waals surface area contributed by atoms with Gasteiger partial charge in [0, 0.05) is 0 Å². The van der Waals surface area contributed by atoms with Gasteiger partial charge in [-0.05, 0) is 0 Å². The summed E-state index contributed by atoms with van der Waals surface area (Å²) < 4.78 is 17.8. The van der Waals surface area contributed by atoms with Gasteiger partial charge < -0.3 is 0 Å². The van der Waals surface area contributed by atoms with E-state index in [4.69, 9.17) is 9.47 Å². The molecule has 1 saturated heterocycles. The van der Waals surface area contributed by atoms with E-state index in [9.17, 15) is 0 Å². The standard InChI is InChI=1S/C7H7O2S.3C4H9.Sn/c1-2-6(10-5-1)7-8-3-4-9-7;3*1-3-4-2;/h1-2,7H,3-4H2;3*1,3-4H2,2H3;. The van der Waals surface area contributed by atoms with Crippen molar-refractivity contribution < 1.29 is 9.47 Å². The summed E-state index contributed by atoms with van der Waals surface area (Å²) in [5, 5.41) is 0. The summed E-state index contributed by atoms with van der Waals surface area (Å²) in [4.78, 5) is 1.31. The van der Waals surface area contributed by atoms with Gasteiger partial charge in [-0.15, -0.1) is 0 Å². The van der Waals surface area contributed by atoms with Crippen LogP contribution in [0.1, 0.15) is 70.5 Å². The molecule has 0 aromatic carbocycles. The van der Waals surface area contributed by atoms with Gasteiger partial charge in [0.25, 0.3) is 0 Å². The molecule has 0 unspecified atom stereocenters. The number of hydrogen-bond acceptors (Lipinski definition) is 3. The minimum absolute atomic E-state index is 0.0822. The molecular formula is C19H34O2SSn. The minimum atomic E-state index is -2.25. The molecule has 0 atom stereocenters. The van der Waals surface area contributed by atoms with Crippen LogP contribution in [0.5, 0.6) is 0 Å². The van der Waals surface area contributed by atoms with Crippen LogP contribution in [0.2, 0.25) is 13.3 Å².